The van der Waals surface area contributed by atoms with Crippen LogP contribution in [-0.4, -0.2) is 28.5 Å². The van der Waals surface area contributed by atoms with Gasteiger partial charge in [-0.2, -0.15) is 5.10 Å². The SMILES string of the molecule is CC(C)(C)n1cc(C2NCCOC23CCC3)cn1. The lowest BCUT2D eigenvalue weighted by atomic mass is 9.72. The molecule has 1 aliphatic carbocycles. The summed E-state index contributed by atoms with van der Waals surface area (Å²) in [6.45, 7) is 8.30. The first-order valence-corrected chi connectivity index (χ1v) is 6.94. The maximum absolute atomic E-state index is 6.06. The first-order valence-electron chi connectivity index (χ1n) is 6.94. The third-order valence-corrected chi connectivity index (χ3v) is 4.19. The molecule has 1 unspecified atom stereocenters. The van der Waals surface area contributed by atoms with Crippen LogP contribution in [0.3, 0.4) is 0 Å². The van der Waals surface area contributed by atoms with E-state index < -0.39 is 0 Å². The third-order valence-electron chi connectivity index (χ3n) is 4.19. The Morgan fingerprint density at radius 1 is 1.44 bits per heavy atom. The minimum atomic E-state index is 0.0422. The van der Waals surface area contributed by atoms with Gasteiger partial charge in [-0.3, -0.25) is 4.68 Å². The van der Waals surface area contributed by atoms with Gasteiger partial charge in [0.1, 0.15) is 0 Å². The second kappa shape index (κ2) is 4.07. The lowest BCUT2D eigenvalue weighted by Crippen LogP contribution is -2.56. The third kappa shape index (κ3) is 1.88. The van der Waals surface area contributed by atoms with Gasteiger partial charge in [-0.1, -0.05) is 0 Å². The highest BCUT2D eigenvalue weighted by Gasteiger charge is 2.48. The summed E-state index contributed by atoms with van der Waals surface area (Å²) in [4.78, 5) is 0. The molecule has 1 aromatic heterocycles. The zero-order chi connectivity index (χ0) is 12.8. The molecule has 1 aliphatic heterocycles. The molecular formula is C14H23N3O. The monoisotopic (exact) mass is 249 g/mol. The van der Waals surface area contributed by atoms with Crippen LogP contribution >= 0.6 is 0 Å². The first kappa shape index (κ1) is 12.2. The summed E-state index contributed by atoms with van der Waals surface area (Å²) in [7, 11) is 0. The van der Waals surface area contributed by atoms with Crippen molar-refractivity contribution in [2.45, 2.75) is 57.2 Å². The van der Waals surface area contributed by atoms with E-state index in [1.165, 1.54) is 24.8 Å². The summed E-state index contributed by atoms with van der Waals surface area (Å²) in [6.07, 6.45) is 7.80. The maximum Gasteiger partial charge on any atom is 0.0878 e. The van der Waals surface area contributed by atoms with Gasteiger partial charge in [-0.05, 0) is 40.0 Å². The molecule has 2 fully saturated rings. The first-order chi connectivity index (χ1) is 8.51. The van der Waals surface area contributed by atoms with Gasteiger partial charge in [-0.25, -0.2) is 0 Å². The van der Waals surface area contributed by atoms with E-state index in [9.17, 15) is 0 Å². The van der Waals surface area contributed by atoms with E-state index in [2.05, 4.69) is 37.4 Å². The van der Waals surface area contributed by atoms with Crippen LogP contribution < -0.4 is 5.32 Å². The summed E-state index contributed by atoms with van der Waals surface area (Å²) in [5.41, 5.74) is 1.36. The molecule has 0 amide bonds. The zero-order valence-electron chi connectivity index (χ0n) is 11.6. The molecule has 100 valence electrons. The van der Waals surface area contributed by atoms with Gasteiger partial charge >= 0.3 is 0 Å². The van der Waals surface area contributed by atoms with Crippen molar-refractivity contribution in [3.8, 4) is 0 Å². The number of rotatable bonds is 1. The van der Waals surface area contributed by atoms with Gasteiger partial charge in [0, 0.05) is 18.3 Å². The van der Waals surface area contributed by atoms with Gasteiger partial charge in [0.15, 0.2) is 0 Å². The molecular weight excluding hydrogens is 226 g/mol. The molecule has 2 aliphatic rings. The number of aromatic nitrogens is 2. The Bertz CT molecular complexity index is 428. The van der Waals surface area contributed by atoms with E-state index in [1.54, 1.807) is 0 Å². The molecule has 18 heavy (non-hydrogen) atoms. The molecule has 4 heteroatoms. The van der Waals surface area contributed by atoms with Crippen molar-refractivity contribution in [2.24, 2.45) is 0 Å². The van der Waals surface area contributed by atoms with Crippen molar-refractivity contribution >= 4 is 0 Å². The standard InChI is InChI=1S/C14H23N3O/c1-13(2,3)17-10-11(9-16-17)12-14(5-4-6-14)18-8-7-15-12/h9-10,12,15H,4-8H2,1-3H3. The Labute approximate surface area is 109 Å². The molecule has 0 radical (unpaired) electrons. The average molecular weight is 249 g/mol. The number of ether oxygens (including phenoxy) is 1. The van der Waals surface area contributed by atoms with Crippen molar-refractivity contribution in [3.05, 3.63) is 18.0 Å². The van der Waals surface area contributed by atoms with Crippen molar-refractivity contribution in [3.63, 3.8) is 0 Å². The number of hydrogen-bond donors (Lipinski definition) is 1. The molecule has 1 atom stereocenters. The highest BCUT2D eigenvalue weighted by molar-refractivity contribution is 5.20. The predicted molar refractivity (Wildman–Crippen MR) is 70.5 cm³/mol. The smallest absolute Gasteiger partial charge is 0.0878 e. The fourth-order valence-corrected chi connectivity index (χ4v) is 2.96. The van der Waals surface area contributed by atoms with Crippen LogP contribution in [0.25, 0.3) is 0 Å². The van der Waals surface area contributed by atoms with E-state index in [4.69, 9.17) is 4.74 Å². The Balaban J connectivity index is 1.87. The second-order valence-electron chi connectivity index (χ2n) is 6.54. The summed E-state index contributed by atoms with van der Waals surface area (Å²) < 4.78 is 8.11. The summed E-state index contributed by atoms with van der Waals surface area (Å²) in [5, 5.41) is 8.12. The summed E-state index contributed by atoms with van der Waals surface area (Å²) >= 11 is 0. The largest absolute Gasteiger partial charge is 0.372 e. The molecule has 0 bridgehead atoms. The van der Waals surface area contributed by atoms with Crippen LogP contribution in [0.1, 0.15) is 51.6 Å². The zero-order valence-corrected chi connectivity index (χ0v) is 11.6. The van der Waals surface area contributed by atoms with Gasteiger partial charge in [0.2, 0.25) is 0 Å². The minimum absolute atomic E-state index is 0.0422. The highest BCUT2D eigenvalue weighted by Crippen LogP contribution is 2.46. The van der Waals surface area contributed by atoms with E-state index in [-0.39, 0.29) is 11.1 Å². The predicted octanol–water partition coefficient (Wildman–Crippen LogP) is 2.22. The number of nitrogens with zero attached hydrogens (tertiary/aromatic N) is 2. The van der Waals surface area contributed by atoms with E-state index in [1.807, 2.05) is 10.9 Å². The van der Waals surface area contributed by atoms with Gasteiger partial charge in [-0.15, -0.1) is 0 Å². The van der Waals surface area contributed by atoms with Gasteiger partial charge in [0.25, 0.3) is 0 Å². The van der Waals surface area contributed by atoms with E-state index >= 15 is 0 Å². The lowest BCUT2D eigenvalue weighted by Gasteiger charge is -2.50. The molecule has 1 saturated heterocycles. The molecule has 1 aromatic rings. The van der Waals surface area contributed by atoms with E-state index in [0.29, 0.717) is 6.04 Å². The van der Waals surface area contributed by atoms with Gasteiger partial charge < -0.3 is 10.1 Å². The summed E-state index contributed by atoms with van der Waals surface area (Å²) in [6, 6.07) is 0.316. The van der Waals surface area contributed by atoms with Gasteiger partial charge in [0.05, 0.1) is 30.0 Å². The maximum atomic E-state index is 6.06. The Hall–Kier alpha value is -0.870. The Morgan fingerprint density at radius 2 is 2.22 bits per heavy atom. The molecule has 3 rings (SSSR count). The lowest BCUT2D eigenvalue weighted by molar-refractivity contribution is -0.146. The van der Waals surface area contributed by atoms with Crippen molar-refractivity contribution < 1.29 is 4.74 Å². The molecule has 1 spiro atoms. The number of hydrogen-bond acceptors (Lipinski definition) is 3. The second-order valence-corrected chi connectivity index (χ2v) is 6.54. The minimum Gasteiger partial charge on any atom is -0.372 e. The number of nitrogens with one attached hydrogen (secondary N) is 1. The molecule has 0 aromatic carbocycles. The van der Waals surface area contributed by atoms with Crippen LogP contribution in [0.2, 0.25) is 0 Å². The Morgan fingerprint density at radius 3 is 2.78 bits per heavy atom. The topological polar surface area (TPSA) is 39.1 Å². The fourth-order valence-electron chi connectivity index (χ4n) is 2.96. The van der Waals surface area contributed by atoms with Crippen LogP contribution in [0, 0.1) is 0 Å². The number of morpholine rings is 1. The van der Waals surface area contributed by atoms with Crippen LogP contribution in [0.4, 0.5) is 0 Å². The van der Waals surface area contributed by atoms with Crippen LogP contribution in [-0.2, 0) is 10.3 Å². The normalized spacial score (nSPS) is 27.2. The Kier molecular flexibility index (Phi) is 2.75. The van der Waals surface area contributed by atoms with Crippen molar-refractivity contribution in [1.82, 2.24) is 15.1 Å². The van der Waals surface area contributed by atoms with E-state index in [0.717, 1.165) is 13.2 Å². The fraction of sp³-hybridized carbons (Fsp3) is 0.786. The quantitative estimate of drug-likeness (QED) is 0.829. The van der Waals surface area contributed by atoms with Crippen molar-refractivity contribution in [1.29, 1.82) is 0 Å². The molecule has 1 saturated carbocycles. The van der Waals surface area contributed by atoms with Crippen LogP contribution in [0.5, 0.6) is 0 Å². The van der Waals surface area contributed by atoms with Crippen molar-refractivity contribution in [2.75, 3.05) is 13.2 Å². The molecule has 2 heterocycles. The average Bonchev–Trinajstić information content (AvgIpc) is 2.75. The highest BCUT2D eigenvalue weighted by atomic mass is 16.5. The molecule has 1 N–H and O–H groups in total. The summed E-state index contributed by atoms with van der Waals surface area (Å²) in [5.74, 6) is 0. The van der Waals surface area contributed by atoms with Crippen LogP contribution in [0.15, 0.2) is 12.4 Å². The molecule has 4 nitrogen and oxygen atoms in total.